The first-order valence-corrected chi connectivity index (χ1v) is 11.1. The number of aromatic nitrogens is 2. The molecule has 0 saturated heterocycles. The quantitative estimate of drug-likeness (QED) is 0.734. The number of amides is 1. The van der Waals surface area contributed by atoms with Crippen molar-refractivity contribution in [1.29, 1.82) is 0 Å². The van der Waals surface area contributed by atoms with Gasteiger partial charge in [-0.1, -0.05) is 36.4 Å². The molecule has 6 heteroatoms. The van der Waals surface area contributed by atoms with E-state index < -0.39 is 5.60 Å². The smallest absolute Gasteiger partial charge is 0.410 e. The molecule has 4 rings (SSSR count). The molecule has 0 radical (unpaired) electrons. The maximum absolute atomic E-state index is 12.6. The Hall–Kier alpha value is -2.73. The van der Waals surface area contributed by atoms with Gasteiger partial charge in [0.15, 0.2) is 0 Å². The number of rotatable bonds is 3. The van der Waals surface area contributed by atoms with E-state index in [0.29, 0.717) is 19.1 Å². The first-order valence-electron chi connectivity index (χ1n) is 11.1. The van der Waals surface area contributed by atoms with Crippen molar-refractivity contribution in [2.24, 2.45) is 0 Å². The van der Waals surface area contributed by atoms with E-state index in [1.54, 1.807) is 11.2 Å². The molecule has 31 heavy (non-hydrogen) atoms. The van der Waals surface area contributed by atoms with Crippen molar-refractivity contribution >= 4 is 11.7 Å². The molecule has 1 atom stereocenters. The molecule has 2 aliphatic rings. The van der Waals surface area contributed by atoms with Crippen LogP contribution in [0, 0.1) is 0 Å². The largest absolute Gasteiger partial charge is 0.444 e. The van der Waals surface area contributed by atoms with Gasteiger partial charge in [-0.25, -0.2) is 14.8 Å². The minimum absolute atomic E-state index is 0.264. The molecule has 2 aliphatic heterocycles. The molecule has 0 N–H and O–H groups in total. The topological polar surface area (TPSA) is 58.6 Å². The van der Waals surface area contributed by atoms with Crippen molar-refractivity contribution in [3.63, 3.8) is 0 Å². The molecule has 1 aromatic heterocycles. The van der Waals surface area contributed by atoms with Crippen LogP contribution in [0.15, 0.2) is 42.7 Å². The zero-order valence-electron chi connectivity index (χ0n) is 19.0. The molecule has 0 unspecified atom stereocenters. The average molecular weight is 421 g/mol. The number of carbonyl (C=O) groups is 1. The third-order valence-corrected chi connectivity index (χ3v) is 5.84. The Kier molecular flexibility index (Phi) is 6.10. The summed E-state index contributed by atoms with van der Waals surface area (Å²) in [6, 6.07) is 11.0. The summed E-state index contributed by atoms with van der Waals surface area (Å²) in [6.45, 7) is 10.9. The van der Waals surface area contributed by atoms with Crippen LogP contribution in [0.3, 0.4) is 0 Å². The molecule has 6 nitrogen and oxygen atoms in total. The molecule has 0 saturated carbocycles. The lowest BCUT2D eigenvalue weighted by atomic mass is 9.93. The van der Waals surface area contributed by atoms with Crippen LogP contribution in [-0.4, -0.2) is 50.6 Å². The summed E-state index contributed by atoms with van der Waals surface area (Å²) in [5, 5.41) is 0. The summed E-state index contributed by atoms with van der Waals surface area (Å²) in [6.07, 6.45) is 5.32. The fourth-order valence-corrected chi connectivity index (χ4v) is 4.26. The van der Waals surface area contributed by atoms with Crippen LogP contribution in [0.1, 0.15) is 56.6 Å². The maximum atomic E-state index is 12.6. The van der Waals surface area contributed by atoms with Crippen LogP contribution in [0.2, 0.25) is 0 Å². The highest BCUT2D eigenvalue weighted by molar-refractivity contribution is 5.75. The van der Waals surface area contributed by atoms with Gasteiger partial charge < -0.3 is 9.64 Å². The third kappa shape index (κ3) is 5.13. The number of benzene rings is 1. The van der Waals surface area contributed by atoms with Gasteiger partial charge in [0.25, 0.3) is 0 Å². The van der Waals surface area contributed by atoms with E-state index in [-0.39, 0.29) is 6.09 Å². The zero-order valence-corrected chi connectivity index (χ0v) is 19.0. The van der Waals surface area contributed by atoms with Crippen LogP contribution in [-0.2, 0) is 24.2 Å². The first kappa shape index (κ1) is 21.5. The summed E-state index contributed by atoms with van der Waals surface area (Å²) < 4.78 is 5.59. The molecule has 1 amide bonds. The maximum Gasteiger partial charge on any atom is 0.410 e. The average Bonchev–Trinajstić information content (AvgIpc) is 2.73. The highest BCUT2D eigenvalue weighted by atomic mass is 16.6. The lowest BCUT2D eigenvalue weighted by molar-refractivity contribution is 0.0273. The molecule has 164 valence electrons. The van der Waals surface area contributed by atoms with Crippen molar-refractivity contribution in [2.45, 2.75) is 65.3 Å². The molecule has 0 fully saturated rings. The monoisotopic (exact) mass is 420 g/mol. The lowest BCUT2D eigenvalue weighted by Crippen LogP contribution is -2.41. The predicted octanol–water partition coefficient (Wildman–Crippen LogP) is 4.45. The second kappa shape index (κ2) is 8.79. The number of ether oxygens (including phenoxy) is 1. The first-order chi connectivity index (χ1) is 14.8. The van der Waals surface area contributed by atoms with Crippen LogP contribution < -0.4 is 0 Å². The summed E-state index contributed by atoms with van der Waals surface area (Å²) >= 11 is 0. The Bertz CT molecular complexity index is 965. The highest BCUT2D eigenvalue weighted by Gasteiger charge is 2.30. The molecule has 0 spiro atoms. The van der Waals surface area contributed by atoms with Gasteiger partial charge in [0, 0.05) is 37.7 Å². The van der Waals surface area contributed by atoms with E-state index >= 15 is 0 Å². The van der Waals surface area contributed by atoms with Gasteiger partial charge in [0.2, 0.25) is 0 Å². The van der Waals surface area contributed by atoms with Crippen molar-refractivity contribution in [3.05, 3.63) is 65.2 Å². The van der Waals surface area contributed by atoms with Crippen LogP contribution in [0.25, 0.3) is 5.57 Å². The highest BCUT2D eigenvalue weighted by Crippen LogP contribution is 2.30. The molecular weight excluding hydrogens is 388 g/mol. The Morgan fingerprint density at radius 1 is 1.16 bits per heavy atom. The molecular formula is C25H32N4O2. The normalized spacial score (nSPS) is 19.5. The lowest BCUT2D eigenvalue weighted by Gasteiger charge is -2.36. The van der Waals surface area contributed by atoms with Gasteiger partial charge in [-0.15, -0.1) is 0 Å². The minimum atomic E-state index is -0.499. The van der Waals surface area contributed by atoms with Crippen LogP contribution >= 0.6 is 0 Å². The van der Waals surface area contributed by atoms with Gasteiger partial charge >= 0.3 is 6.09 Å². The summed E-state index contributed by atoms with van der Waals surface area (Å²) in [5.41, 5.74) is 5.18. The van der Waals surface area contributed by atoms with Gasteiger partial charge in [-0.2, -0.15) is 0 Å². The molecule has 2 aromatic rings. The third-order valence-electron chi connectivity index (χ3n) is 5.84. The Morgan fingerprint density at radius 3 is 2.68 bits per heavy atom. The Labute approximate surface area is 184 Å². The second-order valence-electron chi connectivity index (χ2n) is 9.51. The van der Waals surface area contributed by atoms with E-state index in [1.807, 2.05) is 20.8 Å². The number of hydrogen-bond acceptors (Lipinski definition) is 5. The van der Waals surface area contributed by atoms with E-state index in [0.717, 1.165) is 42.9 Å². The Morgan fingerprint density at radius 2 is 1.94 bits per heavy atom. The number of carbonyl (C=O) groups excluding carboxylic acids is 1. The number of nitrogens with zero attached hydrogens (tertiary/aromatic N) is 4. The van der Waals surface area contributed by atoms with Crippen LogP contribution in [0.4, 0.5) is 4.79 Å². The standard InChI is InChI=1S/C25H32N4O2/c1-18-13-22-21(16-29(18)14-19-9-6-5-7-10-19)23(27-17-26-22)20-11-8-12-28(15-20)24(30)31-25(2,3)4/h5-7,9-11,17-18H,8,12-16H2,1-4H3/t18-/m1/s1. The van der Waals surface area contributed by atoms with Crippen molar-refractivity contribution in [3.8, 4) is 0 Å². The van der Waals surface area contributed by atoms with Crippen LogP contribution in [0.5, 0.6) is 0 Å². The predicted molar refractivity (Wildman–Crippen MR) is 121 cm³/mol. The van der Waals surface area contributed by atoms with Crippen molar-refractivity contribution in [1.82, 2.24) is 19.8 Å². The van der Waals surface area contributed by atoms with Crippen molar-refractivity contribution < 1.29 is 9.53 Å². The van der Waals surface area contributed by atoms with E-state index in [2.05, 4.69) is 58.2 Å². The minimum Gasteiger partial charge on any atom is -0.444 e. The Balaban J connectivity index is 1.55. The zero-order chi connectivity index (χ0) is 22.0. The van der Waals surface area contributed by atoms with Crippen molar-refractivity contribution in [2.75, 3.05) is 13.1 Å². The fraction of sp³-hybridized carbons (Fsp3) is 0.480. The summed E-state index contributed by atoms with van der Waals surface area (Å²) in [7, 11) is 0. The van der Waals surface area contributed by atoms with Gasteiger partial charge in [-0.05, 0) is 45.3 Å². The fourth-order valence-electron chi connectivity index (χ4n) is 4.26. The molecule has 3 heterocycles. The van der Waals surface area contributed by atoms with E-state index in [9.17, 15) is 4.79 Å². The SMILES string of the molecule is C[C@@H]1Cc2ncnc(C3=CCCN(C(=O)OC(C)(C)C)C3)c2CN1Cc1ccccc1. The van der Waals surface area contributed by atoms with Gasteiger partial charge in [0.05, 0.1) is 17.9 Å². The molecule has 0 aliphatic carbocycles. The second-order valence-corrected chi connectivity index (χ2v) is 9.51. The number of fused-ring (bicyclic) bond motifs is 1. The van der Waals surface area contributed by atoms with E-state index in [4.69, 9.17) is 4.74 Å². The van der Waals surface area contributed by atoms with E-state index in [1.165, 1.54) is 11.1 Å². The molecule has 0 bridgehead atoms. The molecule has 1 aromatic carbocycles. The van der Waals surface area contributed by atoms with Gasteiger partial charge in [-0.3, -0.25) is 4.90 Å². The number of hydrogen-bond donors (Lipinski definition) is 0. The summed E-state index contributed by atoms with van der Waals surface area (Å²) in [5.74, 6) is 0. The summed E-state index contributed by atoms with van der Waals surface area (Å²) in [4.78, 5) is 26.1. The van der Waals surface area contributed by atoms with Gasteiger partial charge in [0.1, 0.15) is 11.9 Å².